The van der Waals surface area contributed by atoms with Gasteiger partial charge in [-0.3, -0.25) is 0 Å². The fourth-order valence-corrected chi connectivity index (χ4v) is 2.42. The van der Waals surface area contributed by atoms with Gasteiger partial charge in [0.2, 0.25) is 0 Å². The number of halogens is 1. The Balaban J connectivity index is 1.98. The van der Waals surface area contributed by atoms with E-state index in [2.05, 4.69) is 14.8 Å². The number of aromatic nitrogens is 3. The highest BCUT2D eigenvalue weighted by molar-refractivity contribution is 5.87. The number of rotatable bonds is 3. The summed E-state index contributed by atoms with van der Waals surface area (Å²) in [5.74, 6) is -1.08. The third-order valence-corrected chi connectivity index (χ3v) is 3.56. The lowest BCUT2D eigenvalue weighted by Crippen LogP contribution is -2.19. The summed E-state index contributed by atoms with van der Waals surface area (Å²) < 4.78 is 25.8. The highest BCUT2D eigenvalue weighted by Crippen LogP contribution is 2.26. The molecule has 116 valence electrons. The van der Waals surface area contributed by atoms with Crippen LogP contribution in [0, 0.1) is 5.82 Å². The molecule has 0 radical (unpaired) electrons. The van der Waals surface area contributed by atoms with Crippen molar-refractivity contribution in [3.8, 4) is 0 Å². The average molecular weight is 305 g/mol. The van der Waals surface area contributed by atoms with E-state index in [1.807, 2.05) is 0 Å². The van der Waals surface area contributed by atoms with E-state index in [9.17, 15) is 9.18 Å². The molecule has 0 aromatic carbocycles. The smallest absolute Gasteiger partial charge is 0.330 e. The lowest BCUT2D eigenvalue weighted by molar-refractivity contribution is -0.134. The number of nitrogens with zero attached hydrogens (tertiary/aromatic N) is 3. The molecule has 6 nitrogen and oxygen atoms in total. The minimum atomic E-state index is -0.564. The molecule has 1 atom stereocenters. The zero-order valence-electron chi connectivity index (χ0n) is 12.2. The second-order valence-corrected chi connectivity index (χ2v) is 5.04. The van der Waals surface area contributed by atoms with Gasteiger partial charge in [0.15, 0.2) is 11.9 Å². The summed E-state index contributed by atoms with van der Waals surface area (Å²) in [7, 11) is 1.26. The highest BCUT2D eigenvalue weighted by atomic mass is 19.1. The van der Waals surface area contributed by atoms with Gasteiger partial charge in [-0.05, 0) is 31.4 Å². The highest BCUT2D eigenvalue weighted by Gasteiger charge is 2.20. The van der Waals surface area contributed by atoms with Crippen LogP contribution in [-0.4, -0.2) is 34.5 Å². The van der Waals surface area contributed by atoms with Crippen LogP contribution >= 0.6 is 0 Å². The normalized spacial score (nSPS) is 18.9. The van der Waals surface area contributed by atoms with Gasteiger partial charge in [0.25, 0.3) is 0 Å². The van der Waals surface area contributed by atoms with Crippen LogP contribution in [0.15, 0.2) is 18.3 Å². The zero-order chi connectivity index (χ0) is 15.5. The molecule has 7 heteroatoms. The summed E-state index contributed by atoms with van der Waals surface area (Å²) in [5.41, 5.74) is 0.605. The minimum absolute atomic E-state index is 0.0652. The van der Waals surface area contributed by atoms with Crippen LogP contribution in [0.5, 0.6) is 0 Å². The van der Waals surface area contributed by atoms with E-state index >= 15 is 0 Å². The SMILES string of the molecule is COC(=O)/C=C/c1nc2c(cnn2C2CCCCO2)cc1F. The standard InChI is InChI=1S/C15H16FN3O3/c1-21-14(20)6-5-12-11(16)8-10-9-17-19(15(10)18-12)13-4-2-3-7-22-13/h5-6,8-9,13H,2-4,7H2,1H3/b6-5+. The van der Waals surface area contributed by atoms with Crippen LogP contribution in [0.4, 0.5) is 4.39 Å². The second kappa shape index (κ2) is 6.23. The number of methoxy groups -OCH3 is 1. The predicted octanol–water partition coefficient (Wildman–Crippen LogP) is 2.46. The molecule has 0 aliphatic carbocycles. The number of ether oxygens (including phenoxy) is 2. The van der Waals surface area contributed by atoms with E-state index in [1.54, 1.807) is 10.9 Å². The largest absolute Gasteiger partial charge is 0.466 e. The number of hydrogen-bond acceptors (Lipinski definition) is 5. The Morgan fingerprint density at radius 1 is 1.55 bits per heavy atom. The summed E-state index contributed by atoms with van der Waals surface area (Å²) in [5, 5.41) is 4.86. The summed E-state index contributed by atoms with van der Waals surface area (Å²) in [6.07, 6.45) is 6.75. The molecular formula is C15H16FN3O3. The molecule has 1 unspecified atom stereocenters. The summed E-state index contributed by atoms with van der Waals surface area (Å²) in [4.78, 5) is 15.4. The number of pyridine rings is 1. The third kappa shape index (κ3) is 2.85. The number of carbonyl (C=O) groups excluding carboxylic acids is 1. The molecule has 1 aliphatic rings. The third-order valence-electron chi connectivity index (χ3n) is 3.56. The quantitative estimate of drug-likeness (QED) is 0.643. The molecule has 3 rings (SSSR count). The van der Waals surface area contributed by atoms with Gasteiger partial charge in [-0.1, -0.05) is 0 Å². The van der Waals surface area contributed by atoms with Crippen LogP contribution in [0.25, 0.3) is 17.1 Å². The van der Waals surface area contributed by atoms with Crippen molar-refractivity contribution in [2.75, 3.05) is 13.7 Å². The van der Waals surface area contributed by atoms with E-state index in [0.717, 1.165) is 25.3 Å². The Labute approximate surface area is 126 Å². The van der Waals surface area contributed by atoms with E-state index in [4.69, 9.17) is 4.74 Å². The fraction of sp³-hybridized carbons (Fsp3) is 0.400. The molecule has 0 amide bonds. The first-order chi connectivity index (χ1) is 10.7. The van der Waals surface area contributed by atoms with Gasteiger partial charge in [0, 0.05) is 18.1 Å². The van der Waals surface area contributed by atoms with E-state index in [1.165, 1.54) is 19.3 Å². The molecule has 1 aliphatic heterocycles. The number of hydrogen-bond donors (Lipinski definition) is 0. The van der Waals surface area contributed by atoms with Gasteiger partial charge in [0.05, 0.1) is 13.3 Å². The first-order valence-corrected chi connectivity index (χ1v) is 7.10. The molecule has 2 aromatic heterocycles. The Morgan fingerprint density at radius 3 is 3.14 bits per heavy atom. The topological polar surface area (TPSA) is 66.2 Å². The van der Waals surface area contributed by atoms with Crippen molar-refractivity contribution in [2.24, 2.45) is 0 Å². The Morgan fingerprint density at radius 2 is 2.41 bits per heavy atom. The fourth-order valence-electron chi connectivity index (χ4n) is 2.42. The van der Waals surface area contributed by atoms with Crippen LogP contribution in [0.3, 0.4) is 0 Å². The summed E-state index contributed by atoms with van der Waals surface area (Å²) in [6.45, 7) is 0.683. The molecule has 0 bridgehead atoms. The van der Waals surface area contributed by atoms with Crippen LogP contribution < -0.4 is 0 Å². The molecule has 1 saturated heterocycles. The van der Waals surface area contributed by atoms with Crippen molar-refractivity contribution in [1.82, 2.24) is 14.8 Å². The molecule has 0 N–H and O–H groups in total. The summed E-state index contributed by atoms with van der Waals surface area (Å²) in [6, 6.07) is 1.35. The van der Waals surface area contributed by atoms with Gasteiger partial charge in [0.1, 0.15) is 11.5 Å². The van der Waals surface area contributed by atoms with Crippen LogP contribution in [0.2, 0.25) is 0 Å². The van der Waals surface area contributed by atoms with Crippen molar-refractivity contribution in [3.05, 3.63) is 29.9 Å². The van der Waals surface area contributed by atoms with Crippen molar-refractivity contribution in [1.29, 1.82) is 0 Å². The van der Waals surface area contributed by atoms with Gasteiger partial charge >= 0.3 is 5.97 Å². The second-order valence-electron chi connectivity index (χ2n) is 5.04. The Hall–Kier alpha value is -2.28. The Bertz CT molecular complexity index is 720. The molecule has 0 spiro atoms. The van der Waals surface area contributed by atoms with Crippen molar-refractivity contribution in [2.45, 2.75) is 25.5 Å². The molecule has 1 fully saturated rings. The van der Waals surface area contributed by atoms with Gasteiger partial charge in [-0.15, -0.1) is 0 Å². The molecular weight excluding hydrogens is 289 g/mol. The average Bonchev–Trinajstić information content (AvgIpc) is 2.95. The number of fused-ring (bicyclic) bond motifs is 1. The minimum Gasteiger partial charge on any atom is -0.466 e. The first kappa shape index (κ1) is 14.6. The number of esters is 1. The van der Waals surface area contributed by atoms with E-state index in [0.29, 0.717) is 17.6 Å². The maximum Gasteiger partial charge on any atom is 0.330 e. The molecule has 0 saturated carbocycles. The van der Waals surface area contributed by atoms with Crippen molar-refractivity contribution < 1.29 is 18.7 Å². The summed E-state index contributed by atoms with van der Waals surface area (Å²) >= 11 is 0. The lowest BCUT2D eigenvalue weighted by atomic mass is 10.2. The molecule has 2 aromatic rings. The maximum absolute atomic E-state index is 14.0. The van der Waals surface area contributed by atoms with Crippen molar-refractivity contribution >= 4 is 23.1 Å². The Kier molecular flexibility index (Phi) is 4.15. The van der Waals surface area contributed by atoms with E-state index in [-0.39, 0.29) is 11.9 Å². The van der Waals surface area contributed by atoms with Crippen LogP contribution in [-0.2, 0) is 14.3 Å². The molecule has 3 heterocycles. The lowest BCUT2D eigenvalue weighted by Gasteiger charge is -2.23. The predicted molar refractivity (Wildman–Crippen MR) is 77.4 cm³/mol. The van der Waals surface area contributed by atoms with Gasteiger partial charge in [-0.25, -0.2) is 18.9 Å². The van der Waals surface area contributed by atoms with E-state index < -0.39 is 11.8 Å². The van der Waals surface area contributed by atoms with Crippen molar-refractivity contribution in [3.63, 3.8) is 0 Å². The maximum atomic E-state index is 14.0. The van der Waals surface area contributed by atoms with Gasteiger partial charge < -0.3 is 9.47 Å². The van der Waals surface area contributed by atoms with Crippen LogP contribution in [0.1, 0.15) is 31.2 Å². The zero-order valence-corrected chi connectivity index (χ0v) is 12.2. The first-order valence-electron chi connectivity index (χ1n) is 7.10. The molecule has 22 heavy (non-hydrogen) atoms. The monoisotopic (exact) mass is 305 g/mol. The number of carbonyl (C=O) groups is 1. The van der Waals surface area contributed by atoms with Gasteiger partial charge in [-0.2, -0.15) is 5.10 Å².